The fourth-order valence-electron chi connectivity index (χ4n) is 4.21. The van der Waals surface area contributed by atoms with Crippen molar-refractivity contribution < 1.29 is 17.9 Å². The maximum Gasteiger partial charge on any atom is 0.253 e. The summed E-state index contributed by atoms with van der Waals surface area (Å²) in [6.07, 6.45) is 4.85. The van der Waals surface area contributed by atoms with Crippen LogP contribution in [0, 0.1) is 0 Å². The smallest absolute Gasteiger partial charge is 0.253 e. The molecule has 0 unspecified atom stereocenters. The van der Waals surface area contributed by atoms with Crippen molar-refractivity contribution in [3.05, 3.63) is 59.2 Å². The number of sulfonamides is 1. The van der Waals surface area contributed by atoms with Crippen LogP contribution in [0.5, 0.6) is 5.75 Å². The zero-order chi connectivity index (χ0) is 27.8. The maximum absolute atomic E-state index is 12.7. The van der Waals surface area contributed by atoms with Crippen molar-refractivity contribution in [3.8, 4) is 5.75 Å². The third-order valence-electron chi connectivity index (χ3n) is 6.24. The first-order valence-corrected chi connectivity index (χ1v) is 14.6. The number of para-hydroxylation sites is 1. The van der Waals surface area contributed by atoms with E-state index in [1.54, 1.807) is 49.5 Å². The number of hydrogen-bond donors (Lipinski definition) is 4. The largest absolute Gasteiger partial charge is 0.494 e. The van der Waals surface area contributed by atoms with Crippen LogP contribution in [0.2, 0.25) is 5.02 Å². The summed E-state index contributed by atoms with van der Waals surface area (Å²) in [6, 6.07) is 11.9. The van der Waals surface area contributed by atoms with Crippen molar-refractivity contribution in [3.63, 3.8) is 0 Å². The van der Waals surface area contributed by atoms with Crippen molar-refractivity contribution in [1.29, 1.82) is 0 Å². The molecule has 4 N–H and O–H groups in total. The molecule has 3 aromatic rings. The highest BCUT2D eigenvalue weighted by molar-refractivity contribution is 7.92. The number of nitrogens with one attached hydrogen (secondary N) is 4. The minimum absolute atomic E-state index is 0.0206. The Balaban J connectivity index is 1.46. The van der Waals surface area contributed by atoms with Crippen LogP contribution in [0.1, 0.15) is 29.6 Å². The van der Waals surface area contributed by atoms with Gasteiger partial charge in [-0.25, -0.2) is 13.4 Å². The van der Waals surface area contributed by atoms with Gasteiger partial charge in [0.25, 0.3) is 5.91 Å². The second-order valence-electron chi connectivity index (χ2n) is 9.00. The van der Waals surface area contributed by atoms with Gasteiger partial charge in [0.05, 0.1) is 41.7 Å². The molecule has 4 rings (SSSR count). The number of hydrogen-bond acceptors (Lipinski definition) is 9. The molecular formula is C26H32ClN7O4S. The molecule has 2 heterocycles. The summed E-state index contributed by atoms with van der Waals surface area (Å²) >= 11 is 6.32. The molecule has 0 aliphatic carbocycles. The molecule has 0 spiro atoms. The molecule has 0 atom stereocenters. The van der Waals surface area contributed by atoms with E-state index in [9.17, 15) is 13.2 Å². The topological polar surface area (TPSA) is 138 Å². The molecule has 1 aromatic heterocycles. The molecule has 11 nitrogen and oxygen atoms in total. The van der Waals surface area contributed by atoms with Gasteiger partial charge in [0, 0.05) is 19.7 Å². The molecular weight excluding hydrogens is 542 g/mol. The van der Waals surface area contributed by atoms with Crippen molar-refractivity contribution in [2.45, 2.75) is 19.3 Å². The maximum atomic E-state index is 12.7. The van der Waals surface area contributed by atoms with E-state index in [2.05, 4.69) is 35.5 Å². The van der Waals surface area contributed by atoms with Gasteiger partial charge >= 0.3 is 0 Å². The number of halogens is 1. The summed E-state index contributed by atoms with van der Waals surface area (Å²) in [5, 5.41) is 9.02. The lowest BCUT2D eigenvalue weighted by molar-refractivity contribution is 0.0964. The summed E-state index contributed by atoms with van der Waals surface area (Å²) in [6.45, 7) is 2.38. The van der Waals surface area contributed by atoms with E-state index in [1.807, 2.05) is 0 Å². The first-order chi connectivity index (χ1) is 18.8. The predicted molar refractivity (Wildman–Crippen MR) is 154 cm³/mol. The molecule has 1 aliphatic rings. The van der Waals surface area contributed by atoms with Crippen LogP contribution >= 0.6 is 11.6 Å². The van der Waals surface area contributed by atoms with E-state index >= 15 is 0 Å². The molecule has 1 saturated heterocycles. The summed E-state index contributed by atoms with van der Waals surface area (Å²) in [4.78, 5) is 23.1. The highest BCUT2D eigenvalue weighted by Crippen LogP contribution is 2.32. The number of methoxy groups -OCH3 is 1. The standard InChI is InChI=1S/C26H32ClN7O4S/c1-28-25(35)19-8-4-5-9-21(19)30-24-20(27)17-29-26(32-24)31-22-11-10-18(16-23(22)38-2)33-39(36,37)15-14-34-12-6-3-7-13-34/h4-5,8-11,16-17,33H,3,6-7,12-15H2,1-2H3,(H,28,35)(H2,29,30,31,32). The highest BCUT2D eigenvalue weighted by atomic mass is 35.5. The van der Waals surface area contributed by atoms with Gasteiger partial charge in [-0.1, -0.05) is 30.2 Å². The number of carbonyl (C=O) groups excluding carboxylic acids is 1. The lowest BCUT2D eigenvalue weighted by Gasteiger charge is -2.26. The summed E-state index contributed by atoms with van der Waals surface area (Å²) in [5.74, 6) is 0.667. The third-order valence-corrected chi connectivity index (χ3v) is 7.79. The van der Waals surface area contributed by atoms with Gasteiger partial charge in [-0.3, -0.25) is 9.52 Å². The van der Waals surface area contributed by atoms with Gasteiger partial charge in [0.15, 0.2) is 5.82 Å². The quantitative estimate of drug-likeness (QED) is 0.266. The van der Waals surface area contributed by atoms with Crippen molar-refractivity contribution in [2.24, 2.45) is 0 Å². The average molecular weight is 574 g/mol. The summed E-state index contributed by atoms with van der Waals surface area (Å²) < 4.78 is 33.4. The summed E-state index contributed by atoms with van der Waals surface area (Å²) in [7, 11) is -0.486. The normalized spacial score (nSPS) is 13.9. The Morgan fingerprint density at radius 2 is 1.85 bits per heavy atom. The fraction of sp³-hybridized carbons (Fsp3) is 0.346. The molecule has 1 aliphatic heterocycles. The van der Waals surface area contributed by atoms with Gasteiger partial charge in [-0.2, -0.15) is 4.98 Å². The number of nitrogens with zero attached hydrogens (tertiary/aromatic N) is 3. The van der Waals surface area contributed by atoms with Crippen molar-refractivity contribution >= 4 is 56.4 Å². The Kier molecular flexibility index (Phi) is 9.44. The fourth-order valence-corrected chi connectivity index (χ4v) is 5.43. The zero-order valence-corrected chi connectivity index (χ0v) is 23.4. The lowest BCUT2D eigenvalue weighted by Crippen LogP contribution is -2.35. The first-order valence-electron chi connectivity index (χ1n) is 12.6. The number of carbonyl (C=O) groups is 1. The molecule has 0 radical (unpaired) electrons. The Hall–Kier alpha value is -3.61. The van der Waals surface area contributed by atoms with E-state index in [0.29, 0.717) is 40.7 Å². The first kappa shape index (κ1) is 28.4. The lowest BCUT2D eigenvalue weighted by atomic mass is 10.1. The van der Waals surface area contributed by atoms with Gasteiger partial charge in [0.2, 0.25) is 16.0 Å². The van der Waals surface area contributed by atoms with E-state index in [1.165, 1.54) is 19.7 Å². The molecule has 208 valence electrons. The number of anilines is 5. The van der Waals surface area contributed by atoms with Crippen LogP contribution < -0.4 is 25.4 Å². The Morgan fingerprint density at radius 1 is 1.08 bits per heavy atom. The number of aromatic nitrogens is 2. The molecule has 1 amide bonds. The van der Waals surface area contributed by atoms with E-state index < -0.39 is 10.0 Å². The summed E-state index contributed by atoms with van der Waals surface area (Å²) in [5.41, 5.74) is 1.87. The van der Waals surface area contributed by atoms with Gasteiger partial charge in [-0.15, -0.1) is 0 Å². The Labute approximate surface area is 233 Å². The van der Waals surface area contributed by atoms with Crippen LogP contribution in [0.4, 0.5) is 28.8 Å². The monoisotopic (exact) mass is 573 g/mol. The second-order valence-corrected chi connectivity index (χ2v) is 11.3. The predicted octanol–water partition coefficient (Wildman–Crippen LogP) is 4.21. The zero-order valence-electron chi connectivity index (χ0n) is 21.8. The van der Waals surface area contributed by atoms with Crippen LogP contribution in [-0.2, 0) is 10.0 Å². The molecule has 2 aromatic carbocycles. The highest BCUT2D eigenvalue weighted by Gasteiger charge is 2.17. The number of piperidine rings is 1. The molecule has 1 fully saturated rings. The SMILES string of the molecule is CNC(=O)c1ccccc1Nc1nc(Nc2ccc(NS(=O)(=O)CCN3CCCCC3)cc2OC)ncc1Cl. The van der Waals surface area contributed by atoms with E-state index in [0.717, 1.165) is 25.9 Å². The Morgan fingerprint density at radius 3 is 2.59 bits per heavy atom. The number of ether oxygens (including phenoxy) is 1. The van der Waals surface area contributed by atoms with E-state index in [-0.39, 0.29) is 22.6 Å². The van der Waals surface area contributed by atoms with Gasteiger partial charge in [-0.05, 0) is 50.2 Å². The van der Waals surface area contributed by atoms with Crippen molar-refractivity contribution in [2.75, 3.05) is 54.9 Å². The minimum Gasteiger partial charge on any atom is -0.494 e. The Bertz CT molecular complexity index is 1420. The van der Waals surface area contributed by atoms with Crippen LogP contribution in [-0.4, -0.2) is 68.7 Å². The molecule has 39 heavy (non-hydrogen) atoms. The number of rotatable bonds is 11. The number of benzene rings is 2. The minimum atomic E-state index is -3.53. The number of likely N-dealkylation sites (tertiary alicyclic amines) is 1. The number of amides is 1. The third kappa shape index (κ3) is 7.71. The van der Waals surface area contributed by atoms with Gasteiger partial charge < -0.3 is 25.6 Å². The molecule has 13 heteroatoms. The average Bonchev–Trinajstić information content (AvgIpc) is 2.95. The molecule has 0 saturated carbocycles. The van der Waals surface area contributed by atoms with Gasteiger partial charge in [0.1, 0.15) is 10.8 Å². The van der Waals surface area contributed by atoms with Crippen LogP contribution in [0.25, 0.3) is 0 Å². The van der Waals surface area contributed by atoms with Crippen LogP contribution in [0.3, 0.4) is 0 Å². The second kappa shape index (κ2) is 13.0. The van der Waals surface area contributed by atoms with Crippen LogP contribution in [0.15, 0.2) is 48.7 Å². The van der Waals surface area contributed by atoms with Crippen molar-refractivity contribution in [1.82, 2.24) is 20.2 Å². The molecule has 0 bridgehead atoms. The van der Waals surface area contributed by atoms with E-state index in [4.69, 9.17) is 16.3 Å².